The van der Waals surface area contributed by atoms with Gasteiger partial charge in [-0.3, -0.25) is 14.3 Å². The molecule has 182 valence electrons. The predicted octanol–water partition coefficient (Wildman–Crippen LogP) is 3.22. The van der Waals surface area contributed by atoms with Crippen molar-refractivity contribution in [2.24, 2.45) is 0 Å². The van der Waals surface area contributed by atoms with E-state index >= 15 is 0 Å². The van der Waals surface area contributed by atoms with Crippen molar-refractivity contribution < 1.29 is 18.7 Å². The van der Waals surface area contributed by atoms with Crippen LogP contribution in [-0.4, -0.2) is 52.8 Å². The van der Waals surface area contributed by atoms with Crippen LogP contribution in [-0.2, 0) is 35.3 Å². The fourth-order valence-electron chi connectivity index (χ4n) is 5.65. The summed E-state index contributed by atoms with van der Waals surface area (Å²) in [5, 5.41) is 7.98. The third kappa shape index (κ3) is 4.05. The molecule has 0 radical (unpaired) electrons. The number of furan rings is 1. The maximum atomic E-state index is 13.1. The number of nitrogens with zero attached hydrogens (tertiary/aromatic N) is 3. The van der Waals surface area contributed by atoms with Crippen LogP contribution in [0.2, 0.25) is 0 Å². The van der Waals surface area contributed by atoms with E-state index in [4.69, 9.17) is 14.3 Å². The lowest BCUT2D eigenvalue weighted by atomic mass is 9.88. The maximum absolute atomic E-state index is 13.1. The predicted molar refractivity (Wildman–Crippen MR) is 129 cm³/mol. The molecule has 2 aromatic heterocycles. The molecule has 0 bridgehead atoms. The van der Waals surface area contributed by atoms with Crippen LogP contribution in [0, 0.1) is 6.92 Å². The number of hydrogen-bond donors (Lipinski definition) is 1. The Morgan fingerprint density at radius 2 is 1.94 bits per heavy atom. The molecule has 1 fully saturated rings. The van der Waals surface area contributed by atoms with Crippen LogP contribution in [0.5, 0.6) is 0 Å². The van der Waals surface area contributed by atoms with Gasteiger partial charge in [0.2, 0.25) is 5.91 Å². The van der Waals surface area contributed by atoms with Crippen LogP contribution in [0.4, 0.5) is 0 Å². The zero-order chi connectivity index (χ0) is 23.9. The number of aromatic nitrogens is 2. The molecule has 1 aromatic carbocycles. The smallest absolute Gasteiger partial charge is 0.290 e. The Morgan fingerprint density at radius 3 is 2.80 bits per heavy atom. The van der Waals surface area contributed by atoms with Gasteiger partial charge in [-0.2, -0.15) is 5.10 Å². The first-order chi connectivity index (χ1) is 17.1. The first-order valence-corrected chi connectivity index (χ1v) is 12.5. The molecule has 3 aliphatic rings. The number of aryl methyl sites for hydroxylation is 3. The summed E-state index contributed by atoms with van der Waals surface area (Å²) in [4.78, 5) is 27.8. The number of carbonyl (C=O) groups excluding carboxylic acids is 2. The van der Waals surface area contributed by atoms with Crippen molar-refractivity contribution in [2.45, 2.75) is 51.6 Å². The third-order valence-electron chi connectivity index (χ3n) is 7.42. The van der Waals surface area contributed by atoms with Crippen molar-refractivity contribution in [3.8, 4) is 11.3 Å². The van der Waals surface area contributed by atoms with Crippen molar-refractivity contribution >= 4 is 11.8 Å². The van der Waals surface area contributed by atoms with Crippen LogP contribution in [0.25, 0.3) is 11.3 Å². The third-order valence-corrected chi connectivity index (χ3v) is 7.42. The number of carbonyl (C=O) groups is 2. The van der Waals surface area contributed by atoms with Gasteiger partial charge in [0, 0.05) is 36.8 Å². The molecule has 8 nitrogen and oxygen atoms in total. The van der Waals surface area contributed by atoms with E-state index in [0.29, 0.717) is 32.1 Å². The molecule has 0 saturated carbocycles. The molecule has 35 heavy (non-hydrogen) atoms. The number of morpholine rings is 1. The lowest BCUT2D eigenvalue weighted by molar-refractivity contribution is -0.122. The van der Waals surface area contributed by atoms with Gasteiger partial charge in [-0.1, -0.05) is 24.3 Å². The van der Waals surface area contributed by atoms with Gasteiger partial charge in [0.25, 0.3) is 5.91 Å². The first-order valence-electron chi connectivity index (χ1n) is 12.5. The lowest BCUT2D eigenvalue weighted by Crippen LogP contribution is -2.40. The van der Waals surface area contributed by atoms with Crippen LogP contribution < -0.4 is 5.32 Å². The SMILES string of the molecule is Cc1c(C(=O)N2CCOCC2)oc2c1-c1nn(CC(=O)N[C@@H]3CCCc4ccccc43)cc1CC2. The van der Waals surface area contributed by atoms with E-state index in [2.05, 4.69) is 23.5 Å². The minimum absolute atomic E-state index is 0.0427. The van der Waals surface area contributed by atoms with Gasteiger partial charge in [0.1, 0.15) is 12.3 Å². The van der Waals surface area contributed by atoms with Crippen molar-refractivity contribution in [3.63, 3.8) is 0 Å². The Balaban J connectivity index is 1.20. The van der Waals surface area contributed by atoms with Gasteiger partial charge in [-0.05, 0) is 49.3 Å². The molecule has 8 heteroatoms. The highest BCUT2D eigenvalue weighted by molar-refractivity contribution is 5.95. The summed E-state index contributed by atoms with van der Waals surface area (Å²) in [5.41, 5.74) is 6.19. The molecule has 0 unspecified atom stereocenters. The molecule has 0 spiro atoms. The summed E-state index contributed by atoms with van der Waals surface area (Å²) in [6.45, 7) is 4.34. The second-order valence-corrected chi connectivity index (χ2v) is 9.67. The molecular weight excluding hydrogens is 444 g/mol. The van der Waals surface area contributed by atoms with Gasteiger partial charge in [-0.15, -0.1) is 0 Å². The Labute approximate surface area is 204 Å². The largest absolute Gasteiger partial charge is 0.455 e. The normalized spacial score (nSPS) is 19.0. The van der Waals surface area contributed by atoms with Crippen LogP contribution >= 0.6 is 0 Å². The minimum Gasteiger partial charge on any atom is -0.455 e. The number of amides is 2. The second-order valence-electron chi connectivity index (χ2n) is 9.67. The summed E-state index contributed by atoms with van der Waals surface area (Å²) >= 11 is 0. The Bertz CT molecular complexity index is 1280. The van der Waals surface area contributed by atoms with E-state index in [1.807, 2.05) is 19.2 Å². The monoisotopic (exact) mass is 474 g/mol. The average molecular weight is 475 g/mol. The minimum atomic E-state index is -0.0895. The molecule has 3 aromatic rings. The Morgan fingerprint density at radius 1 is 1.11 bits per heavy atom. The van der Waals surface area contributed by atoms with Gasteiger partial charge in [-0.25, -0.2) is 0 Å². The standard InChI is InChI=1S/C27H30N4O4/c1-17-24-22(35-26(17)27(33)30-11-13-34-14-12-30)10-9-19-15-31(29-25(19)24)16-23(32)28-21-8-4-6-18-5-2-3-7-20(18)21/h2-3,5,7,15,21H,4,6,8-14,16H2,1H3,(H,28,32)/t21-/m1/s1. The Kier molecular flexibility index (Phi) is 5.68. The molecule has 3 heterocycles. The van der Waals surface area contributed by atoms with Crippen molar-refractivity contribution in [1.82, 2.24) is 20.0 Å². The van der Waals surface area contributed by atoms with Crippen molar-refractivity contribution in [1.29, 1.82) is 0 Å². The van der Waals surface area contributed by atoms with Gasteiger partial charge in [0.05, 0.1) is 24.9 Å². The highest BCUT2D eigenvalue weighted by Crippen LogP contribution is 2.38. The van der Waals surface area contributed by atoms with Crippen LogP contribution in [0.1, 0.15) is 57.5 Å². The van der Waals surface area contributed by atoms with E-state index in [0.717, 1.165) is 60.2 Å². The van der Waals surface area contributed by atoms with Crippen LogP contribution in [0.3, 0.4) is 0 Å². The summed E-state index contributed by atoms with van der Waals surface area (Å²) in [5.74, 6) is 1.07. The summed E-state index contributed by atoms with van der Waals surface area (Å²) in [6, 6.07) is 8.41. The Hall–Kier alpha value is -3.39. The molecule has 1 saturated heterocycles. The average Bonchev–Trinajstić information content (AvgIpc) is 3.44. The molecular formula is C27H30N4O4. The topological polar surface area (TPSA) is 89.6 Å². The quantitative estimate of drug-likeness (QED) is 0.627. The second kappa shape index (κ2) is 9.00. The molecule has 2 amide bonds. The van der Waals surface area contributed by atoms with Crippen molar-refractivity contribution in [2.75, 3.05) is 26.3 Å². The van der Waals surface area contributed by atoms with E-state index < -0.39 is 0 Å². The van der Waals surface area contributed by atoms with E-state index in [-0.39, 0.29) is 24.4 Å². The summed E-state index contributed by atoms with van der Waals surface area (Å²) in [7, 11) is 0. The zero-order valence-electron chi connectivity index (χ0n) is 20.0. The van der Waals surface area contributed by atoms with Crippen molar-refractivity contribution in [3.05, 3.63) is 64.2 Å². The number of ether oxygens (including phenoxy) is 1. The first kappa shape index (κ1) is 22.1. The zero-order valence-corrected chi connectivity index (χ0v) is 20.0. The number of hydrogen-bond acceptors (Lipinski definition) is 5. The molecule has 1 aliphatic heterocycles. The summed E-state index contributed by atoms with van der Waals surface area (Å²) in [6.07, 6.45) is 6.55. The fraction of sp³-hybridized carbons (Fsp3) is 0.444. The van der Waals surface area contributed by atoms with E-state index in [9.17, 15) is 9.59 Å². The fourth-order valence-corrected chi connectivity index (χ4v) is 5.65. The summed E-state index contributed by atoms with van der Waals surface area (Å²) < 4.78 is 13.2. The molecule has 1 N–H and O–H groups in total. The highest BCUT2D eigenvalue weighted by atomic mass is 16.5. The maximum Gasteiger partial charge on any atom is 0.290 e. The van der Waals surface area contributed by atoms with E-state index in [1.54, 1.807) is 9.58 Å². The van der Waals surface area contributed by atoms with Crippen LogP contribution in [0.15, 0.2) is 34.9 Å². The molecule has 2 aliphatic carbocycles. The number of benzene rings is 1. The van der Waals surface area contributed by atoms with Gasteiger partial charge >= 0.3 is 0 Å². The van der Waals surface area contributed by atoms with E-state index in [1.165, 1.54) is 11.1 Å². The number of rotatable bonds is 4. The highest BCUT2D eigenvalue weighted by Gasteiger charge is 2.32. The molecule has 6 rings (SSSR count). The van der Waals surface area contributed by atoms with Gasteiger partial charge in [0.15, 0.2) is 5.76 Å². The molecule has 1 atom stereocenters. The lowest BCUT2D eigenvalue weighted by Gasteiger charge is -2.26. The number of nitrogens with one attached hydrogen (secondary N) is 1. The number of fused-ring (bicyclic) bond motifs is 4. The van der Waals surface area contributed by atoms with Gasteiger partial charge < -0.3 is 19.4 Å².